The summed E-state index contributed by atoms with van der Waals surface area (Å²) in [5.41, 5.74) is 8.68. The van der Waals surface area contributed by atoms with E-state index in [0.29, 0.717) is 35.5 Å². The zero-order chi connectivity index (χ0) is 16.1. The van der Waals surface area contributed by atoms with Gasteiger partial charge < -0.3 is 5.73 Å². The number of aryl methyl sites for hydroxylation is 2. The highest BCUT2D eigenvalue weighted by atomic mass is 32.2. The molecule has 0 saturated carbocycles. The second-order valence-electron chi connectivity index (χ2n) is 5.55. The molecule has 2 aromatic carbocycles. The largest absolute Gasteiger partial charge is 0.397 e. The Hall–Kier alpha value is -2.08. The molecule has 6 heteroatoms. The Bertz CT molecular complexity index is 839. The van der Waals surface area contributed by atoms with Crippen LogP contribution in [0.25, 0.3) is 0 Å². The summed E-state index contributed by atoms with van der Waals surface area (Å²) in [6.07, 6.45) is 0.624. The third kappa shape index (κ3) is 2.14. The fourth-order valence-corrected chi connectivity index (χ4v) is 5.05. The van der Waals surface area contributed by atoms with Crippen LogP contribution in [0, 0.1) is 19.7 Å². The lowest BCUT2D eigenvalue weighted by Gasteiger charge is -2.23. The number of halogens is 1. The number of nitrogens with zero attached hydrogens (tertiary/aromatic N) is 1. The number of hydrogen-bond acceptors (Lipinski definition) is 3. The highest BCUT2D eigenvalue weighted by Crippen LogP contribution is 2.38. The molecule has 0 unspecified atom stereocenters. The van der Waals surface area contributed by atoms with Crippen molar-refractivity contribution in [1.82, 2.24) is 0 Å². The first-order chi connectivity index (χ1) is 10.3. The van der Waals surface area contributed by atoms with E-state index in [1.165, 1.54) is 16.4 Å². The summed E-state index contributed by atoms with van der Waals surface area (Å²) >= 11 is 0. The lowest BCUT2D eigenvalue weighted by molar-refractivity contribution is 0.589. The second-order valence-corrected chi connectivity index (χ2v) is 7.35. The first-order valence-corrected chi connectivity index (χ1v) is 8.43. The molecule has 0 atom stereocenters. The van der Waals surface area contributed by atoms with Crippen molar-refractivity contribution in [2.45, 2.75) is 25.2 Å². The monoisotopic (exact) mass is 320 g/mol. The van der Waals surface area contributed by atoms with Crippen LogP contribution < -0.4 is 10.0 Å². The van der Waals surface area contributed by atoms with Crippen LogP contribution in [0.2, 0.25) is 0 Å². The molecule has 1 aliphatic rings. The summed E-state index contributed by atoms with van der Waals surface area (Å²) in [7, 11) is -3.77. The molecule has 1 heterocycles. The number of sulfonamides is 1. The van der Waals surface area contributed by atoms with Gasteiger partial charge in [0.15, 0.2) is 0 Å². The summed E-state index contributed by atoms with van der Waals surface area (Å²) in [4.78, 5) is 0.157. The van der Waals surface area contributed by atoms with Crippen LogP contribution in [0.15, 0.2) is 35.2 Å². The number of hydrogen-bond donors (Lipinski definition) is 1. The third-order valence-electron chi connectivity index (χ3n) is 3.96. The van der Waals surface area contributed by atoms with Crippen molar-refractivity contribution in [3.05, 3.63) is 52.8 Å². The molecule has 116 valence electrons. The minimum absolute atomic E-state index is 0.157. The van der Waals surface area contributed by atoms with Crippen LogP contribution in [0.5, 0.6) is 0 Å². The number of nitrogens with two attached hydrogens (primary N) is 1. The van der Waals surface area contributed by atoms with Crippen molar-refractivity contribution >= 4 is 21.4 Å². The van der Waals surface area contributed by atoms with Gasteiger partial charge in [0, 0.05) is 6.54 Å². The van der Waals surface area contributed by atoms with Crippen LogP contribution in [-0.4, -0.2) is 15.0 Å². The Morgan fingerprint density at radius 1 is 1.18 bits per heavy atom. The fraction of sp³-hybridized carbons (Fsp3) is 0.250. The van der Waals surface area contributed by atoms with Gasteiger partial charge in [-0.15, -0.1) is 0 Å². The van der Waals surface area contributed by atoms with Gasteiger partial charge in [-0.1, -0.05) is 12.1 Å². The standard InChI is InChI=1S/C16H17FN2O2S/c1-10-8-13(17)9-11(2)16(10)22(20,21)19-7-6-12-4-3-5-14(18)15(12)19/h3-5,8-9H,6-7,18H2,1-2H3. The van der Waals surface area contributed by atoms with Crippen LogP contribution >= 0.6 is 0 Å². The van der Waals surface area contributed by atoms with Gasteiger partial charge in [-0.25, -0.2) is 12.8 Å². The molecule has 0 spiro atoms. The smallest absolute Gasteiger partial charge is 0.264 e. The second kappa shape index (κ2) is 4.98. The Balaban J connectivity index is 2.19. The van der Waals surface area contributed by atoms with Crippen molar-refractivity contribution < 1.29 is 12.8 Å². The Morgan fingerprint density at radius 2 is 1.82 bits per heavy atom. The Morgan fingerprint density at radius 3 is 2.45 bits per heavy atom. The molecule has 0 aromatic heterocycles. The van der Waals surface area contributed by atoms with E-state index in [9.17, 15) is 12.8 Å². The van der Waals surface area contributed by atoms with Crippen molar-refractivity contribution in [3.63, 3.8) is 0 Å². The Labute approximate surface area is 129 Å². The van der Waals surface area contributed by atoms with Gasteiger partial charge in [-0.05, 0) is 55.2 Å². The van der Waals surface area contributed by atoms with Crippen molar-refractivity contribution in [2.75, 3.05) is 16.6 Å². The molecular formula is C16H17FN2O2S. The van der Waals surface area contributed by atoms with Crippen LogP contribution in [0.1, 0.15) is 16.7 Å². The molecule has 0 fully saturated rings. The highest BCUT2D eigenvalue weighted by molar-refractivity contribution is 7.93. The van der Waals surface area contributed by atoms with E-state index in [0.717, 1.165) is 5.56 Å². The topological polar surface area (TPSA) is 63.4 Å². The van der Waals surface area contributed by atoms with E-state index in [1.54, 1.807) is 19.9 Å². The first-order valence-electron chi connectivity index (χ1n) is 6.99. The third-order valence-corrected chi connectivity index (χ3v) is 6.06. The van der Waals surface area contributed by atoms with Crippen LogP contribution in [-0.2, 0) is 16.4 Å². The molecule has 1 aliphatic heterocycles. The summed E-state index contributed by atoms with van der Waals surface area (Å²) in [5, 5.41) is 0. The molecule has 0 bridgehead atoms. The summed E-state index contributed by atoms with van der Waals surface area (Å²) in [6, 6.07) is 7.87. The van der Waals surface area contributed by atoms with E-state index in [2.05, 4.69) is 0 Å². The molecular weight excluding hydrogens is 303 g/mol. The van der Waals surface area contributed by atoms with Gasteiger partial charge in [-0.2, -0.15) is 0 Å². The maximum atomic E-state index is 13.4. The molecule has 22 heavy (non-hydrogen) atoms. The molecule has 2 N–H and O–H groups in total. The average Bonchev–Trinajstić information content (AvgIpc) is 2.83. The maximum Gasteiger partial charge on any atom is 0.264 e. The molecule has 2 aromatic rings. The predicted octanol–water partition coefficient (Wildman–Crippen LogP) is 2.78. The van der Waals surface area contributed by atoms with Crippen LogP contribution in [0.3, 0.4) is 0 Å². The number of nitrogen functional groups attached to an aromatic ring is 1. The van der Waals surface area contributed by atoms with E-state index in [4.69, 9.17) is 5.73 Å². The number of para-hydroxylation sites is 1. The molecule has 0 aliphatic carbocycles. The summed E-state index contributed by atoms with van der Waals surface area (Å²) < 4.78 is 40.9. The quantitative estimate of drug-likeness (QED) is 0.866. The van der Waals surface area contributed by atoms with Crippen molar-refractivity contribution in [1.29, 1.82) is 0 Å². The van der Waals surface area contributed by atoms with Gasteiger partial charge in [0.2, 0.25) is 0 Å². The normalized spacial score (nSPS) is 14.2. The average molecular weight is 320 g/mol. The summed E-state index contributed by atoms with van der Waals surface area (Å²) in [6.45, 7) is 3.56. The van der Waals surface area contributed by atoms with E-state index < -0.39 is 15.8 Å². The first kappa shape index (κ1) is 14.8. The lowest BCUT2D eigenvalue weighted by atomic mass is 10.1. The van der Waals surface area contributed by atoms with E-state index in [-0.39, 0.29) is 4.90 Å². The SMILES string of the molecule is Cc1cc(F)cc(C)c1S(=O)(=O)N1CCc2cccc(N)c21. The molecule has 0 amide bonds. The lowest BCUT2D eigenvalue weighted by Crippen LogP contribution is -2.30. The molecule has 4 nitrogen and oxygen atoms in total. The highest BCUT2D eigenvalue weighted by Gasteiger charge is 2.34. The van der Waals surface area contributed by atoms with Gasteiger partial charge in [0.25, 0.3) is 10.0 Å². The number of anilines is 2. The van der Waals surface area contributed by atoms with Gasteiger partial charge in [0.1, 0.15) is 5.82 Å². The van der Waals surface area contributed by atoms with E-state index in [1.807, 2.05) is 12.1 Å². The minimum Gasteiger partial charge on any atom is -0.397 e. The Kier molecular flexibility index (Phi) is 3.36. The van der Waals surface area contributed by atoms with Crippen molar-refractivity contribution in [3.8, 4) is 0 Å². The summed E-state index contributed by atoms with van der Waals surface area (Å²) in [5.74, 6) is -0.435. The minimum atomic E-state index is -3.77. The number of benzene rings is 2. The van der Waals surface area contributed by atoms with Crippen LogP contribution in [0.4, 0.5) is 15.8 Å². The molecule has 0 saturated heterocycles. The molecule has 0 radical (unpaired) electrons. The van der Waals surface area contributed by atoms with Crippen molar-refractivity contribution in [2.24, 2.45) is 0 Å². The maximum absolute atomic E-state index is 13.4. The zero-order valence-corrected chi connectivity index (χ0v) is 13.2. The number of rotatable bonds is 2. The number of fused-ring (bicyclic) bond motifs is 1. The zero-order valence-electron chi connectivity index (χ0n) is 12.4. The van der Waals surface area contributed by atoms with E-state index >= 15 is 0 Å². The molecule has 3 rings (SSSR count). The van der Waals surface area contributed by atoms with Gasteiger partial charge in [-0.3, -0.25) is 4.31 Å². The van der Waals surface area contributed by atoms with Gasteiger partial charge >= 0.3 is 0 Å². The fourth-order valence-electron chi connectivity index (χ4n) is 3.11. The predicted molar refractivity (Wildman–Crippen MR) is 85.0 cm³/mol. The van der Waals surface area contributed by atoms with Gasteiger partial charge in [0.05, 0.1) is 16.3 Å².